The molecule has 0 saturated heterocycles. The zero-order valence-electron chi connectivity index (χ0n) is 9.37. The fraction of sp³-hybridized carbons (Fsp3) is 0.200. The maximum Gasteiger partial charge on any atom is 0.335 e. The van der Waals surface area contributed by atoms with Crippen molar-refractivity contribution in [2.24, 2.45) is 0 Å². The number of carbonyl (C=O) groups excluding carboxylic acids is 1. The molecule has 0 aromatic heterocycles. The summed E-state index contributed by atoms with van der Waals surface area (Å²) >= 11 is 1.28. The molecule has 1 aromatic rings. The van der Waals surface area contributed by atoms with Crippen LogP contribution in [0.3, 0.4) is 0 Å². The van der Waals surface area contributed by atoms with Crippen LogP contribution < -0.4 is 5.32 Å². The number of benzene rings is 1. The number of anilines is 1. The molecule has 0 bridgehead atoms. The first-order valence-electron chi connectivity index (χ1n) is 4.76. The molecular formula is C10H10N2O5S. The highest BCUT2D eigenvalue weighted by Gasteiger charge is 2.18. The molecule has 0 atom stereocenters. The van der Waals surface area contributed by atoms with Gasteiger partial charge >= 0.3 is 5.97 Å². The normalized spacial score (nSPS) is 9.83. The van der Waals surface area contributed by atoms with E-state index in [1.807, 2.05) is 0 Å². The van der Waals surface area contributed by atoms with Gasteiger partial charge in [0.05, 0.1) is 16.2 Å². The van der Waals surface area contributed by atoms with Gasteiger partial charge in [0, 0.05) is 6.07 Å². The van der Waals surface area contributed by atoms with E-state index in [0.29, 0.717) is 0 Å². The molecular weight excluding hydrogens is 260 g/mol. The maximum atomic E-state index is 11.3. The second-order valence-electron chi connectivity index (χ2n) is 3.28. The van der Waals surface area contributed by atoms with E-state index in [1.165, 1.54) is 23.9 Å². The van der Waals surface area contributed by atoms with Crippen molar-refractivity contribution in [3.8, 4) is 0 Å². The van der Waals surface area contributed by atoms with Crippen LogP contribution in [-0.4, -0.2) is 33.9 Å². The number of hydrogen-bond donors (Lipinski definition) is 2. The number of nitrogens with one attached hydrogen (secondary N) is 1. The van der Waals surface area contributed by atoms with E-state index in [0.717, 1.165) is 6.07 Å². The molecule has 0 aliphatic heterocycles. The average molecular weight is 270 g/mol. The summed E-state index contributed by atoms with van der Waals surface area (Å²) in [7, 11) is 0. The summed E-state index contributed by atoms with van der Waals surface area (Å²) in [4.78, 5) is 32.1. The zero-order valence-corrected chi connectivity index (χ0v) is 10.2. The van der Waals surface area contributed by atoms with Crippen molar-refractivity contribution in [1.29, 1.82) is 0 Å². The van der Waals surface area contributed by atoms with E-state index < -0.39 is 16.6 Å². The molecule has 1 aromatic carbocycles. The van der Waals surface area contributed by atoms with Crippen molar-refractivity contribution < 1.29 is 19.6 Å². The maximum absolute atomic E-state index is 11.3. The highest BCUT2D eigenvalue weighted by molar-refractivity contribution is 7.99. The summed E-state index contributed by atoms with van der Waals surface area (Å²) in [5, 5.41) is 21.9. The lowest BCUT2D eigenvalue weighted by Gasteiger charge is -2.05. The molecule has 7 nitrogen and oxygen atoms in total. The van der Waals surface area contributed by atoms with Crippen molar-refractivity contribution in [2.75, 3.05) is 17.3 Å². The number of carbonyl (C=O) groups is 2. The van der Waals surface area contributed by atoms with Crippen LogP contribution in [0.15, 0.2) is 18.2 Å². The summed E-state index contributed by atoms with van der Waals surface area (Å²) in [5.41, 5.74) is -0.655. The van der Waals surface area contributed by atoms with Crippen LogP contribution >= 0.6 is 11.8 Å². The lowest BCUT2D eigenvalue weighted by atomic mass is 10.1. The van der Waals surface area contributed by atoms with Crippen LogP contribution in [0.4, 0.5) is 11.4 Å². The zero-order chi connectivity index (χ0) is 13.7. The molecule has 0 fully saturated rings. The molecule has 0 saturated carbocycles. The Labute approximate surface area is 106 Å². The summed E-state index contributed by atoms with van der Waals surface area (Å²) in [5.74, 6) is -1.48. The first-order chi connectivity index (χ1) is 8.45. The van der Waals surface area contributed by atoms with Crippen LogP contribution in [0.1, 0.15) is 10.4 Å². The molecule has 96 valence electrons. The third-order valence-corrected chi connectivity index (χ3v) is 2.54. The Morgan fingerprint density at radius 1 is 1.50 bits per heavy atom. The number of hydrogen-bond acceptors (Lipinski definition) is 5. The number of amides is 1. The van der Waals surface area contributed by atoms with E-state index in [9.17, 15) is 19.7 Å². The van der Waals surface area contributed by atoms with Crippen LogP contribution in [0.5, 0.6) is 0 Å². The van der Waals surface area contributed by atoms with Crippen LogP contribution in [-0.2, 0) is 4.79 Å². The third kappa shape index (κ3) is 3.45. The summed E-state index contributed by atoms with van der Waals surface area (Å²) < 4.78 is 0. The Kier molecular flexibility index (Phi) is 4.67. The first kappa shape index (κ1) is 14.0. The van der Waals surface area contributed by atoms with Crippen molar-refractivity contribution in [2.45, 2.75) is 0 Å². The Hall–Kier alpha value is -2.09. The standard InChI is InChI=1S/C10H10N2O5S/c1-18-5-9(13)11-7-3-2-6(10(14)15)4-8(7)12(16)17/h2-4H,5H2,1H3,(H,11,13)(H,14,15). The van der Waals surface area contributed by atoms with Gasteiger partial charge < -0.3 is 10.4 Å². The fourth-order valence-electron chi connectivity index (χ4n) is 1.24. The third-order valence-electron chi connectivity index (χ3n) is 1.99. The SMILES string of the molecule is CSCC(=O)Nc1ccc(C(=O)O)cc1[N+](=O)[O-]. The van der Waals surface area contributed by atoms with Gasteiger partial charge in [-0.25, -0.2) is 4.79 Å². The van der Waals surface area contributed by atoms with Crippen molar-refractivity contribution >= 4 is 35.0 Å². The number of nitrogens with zero attached hydrogens (tertiary/aromatic N) is 1. The van der Waals surface area contributed by atoms with Gasteiger partial charge in [0.1, 0.15) is 5.69 Å². The van der Waals surface area contributed by atoms with E-state index in [2.05, 4.69) is 5.32 Å². The number of aromatic carboxylic acids is 1. The summed E-state index contributed by atoms with van der Waals surface area (Å²) in [6, 6.07) is 3.32. The van der Waals surface area contributed by atoms with Crippen LogP contribution in [0.2, 0.25) is 0 Å². The number of nitro groups is 1. The van der Waals surface area contributed by atoms with Crippen LogP contribution in [0.25, 0.3) is 0 Å². The highest BCUT2D eigenvalue weighted by atomic mass is 32.2. The molecule has 1 amide bonds. The van der Waals surface area contributed by atoms with Gasteiger partial charge in [-0.3, -0.25) is 14.9 Å². The lowest BCUT2D eigenvalue weighted by molar-refractivity contribution is -0.384. The van der Waals surface area contributed by atoms with Gasteiger partial charge in [-0.05, 0) is 18.4 Å². The van der Waals surface area contributed by atoms with Gasteiger partial charge in [0.15, 0.2) is 0 Å². The molecule has 0 radical (unpaired) electrons. The van der Waals surface area contributed by atoms with E-state index in [1.54, 1.807) is 6.26 Å². The van der Waals surface area contributed by atoms with Crippen molar-refractivity contribution in [3.05, 3.63) is 33.9 Å². The quantitative estimate of drug-likeness (QED) is 0.621. The van der Waals surface area contributed by atoms with Crippen molar-refractivity contribution in [1.82, 2.24) is 0 Å². The number of carboxylic acid groups (broad SMARTS) is 1. The van der Waals surface area contributed by atoms with Crippen LogP contribution in [0, 0.1) is 10.1 Å². The number of thioether (sulfide) groups is 1. The monoisotopic (exact) mass is 270 g/mol. The molecule has 2 N–H and O–H groups in total. The molecule has 1 rings (SSSR count). The fourth-order valence-corrected chi connectivity index (χ4v) is 1.57. The first-order valence-corrected chi connectivity index (χ1v) is 6.15. The Morgan fingerprint density at radius 3 is 2.67 bits per heavy atom. The minimum Gasteiger partial charge on any atom is -0.478 e. The Balaban J connectivity index is 3.08. The minimum absolute atomic E-state index is 0.0101. The van der Waals surface area contributed by atoms with E-state index in [-0.39, 0.29) is 22.9 Å². The average Bonchev–Trinajstić information content (AvgIpc) is 2.29. The lowest BCUT2D eigenvalue weighted by Crippen LogP contribution is -2.15. The predicted octanol–water partition coefficient (Wildman–Crippen LogP) is 1.59. The molecule has 0 heterocycles. The molecule has 8 heteroatoms. The molecule has 18 heavy (non-hydrogen) atoms. The number of carboxylic acids is 1. The second-order valence-corrected chi connectivity index (χ2v) is 4.14. The minimum atomic E-state index is -1.26. The molecule has 0 unspecified atom stereocenters. The van der Waals surface area contributed by atoms with Gasteiger partial charge in [0.25, 0.3) is 5.69 Å². The van der Waals surface area contributed by atoms with E-state index >= 15 is 0 Å². The van der Waals surface area contributed by atoms with Gasteiger partial charge in [-0.1, -0.05) is 0 Å². The summed E-state index contributed by atoms with van der Waals surface area (Å²) in [6.07, 6.45) is 1.72. The Morgan fingerprint density at radius 2 is 2.17 bits per heavy atom. The second kappa shape index (κ2) is 6.01. The van der Waals surface area contributed by atoms with Gasteiger partial charge in [-0.2, -0.15) is 11.8 Å². The smallest absolute Gasteiger partial charge is 0.335 e. The number of rotatable bonds is 5. The topological polar surface area (TPSA) is 110 Å². The summed E-state index contributed by atoms with van der Waals surface area (Å²) in [6.45, 7) is 0. The van der Waals surface area contributed by atoms with E-state index in [4.69, 9.17) is 5.11 Å². The molecule has 0 spiro atoms. The molecule has 0 aliphatic rings. The Bertz CT molecular complexity index is 503. The van der Waals surface area contributed by atoms with Crippen molar-refractivity contribution in [3.63, 3.8) is 0 Å². The highest BCUT2D eigenvalue weighted by Crippen LogP contribution is 2.25. The van der Waals surface area contributed by atoms with Gasteiger partial charge in [-0.15, -0.1) is 0 Å². The molecule has 0 aliphatic carbocycles. The number of nitro benzene ring substituents is 1. The largest absolute Gasteiger partial charge is 0.478 e. The predicted molar refractivity (Wildman–Crippen MR) is 67.1 cm³/mol. The van der Waals surface area contributed by atoms with Gasteiger partial charge in [0.2, 0.25) is 5.91 Å².